The molecule has 1 aromatic carbocycles. The Morgan fingerprint density at radius 3 is 2.95 bits per heavy atom. The molecule has 2 aromatic rings. The summed E-state index contributed by atoms with van der Waals surface area (Å²) in [5.74, 6) is -0.283. The van der Waals surface area contributed by atoms with Gasteiger partial charge in [-0.3, -0.25) is 4.90 Å². The molecule has 1 aromatic heterocycles. The lowest BCUT2D eigenvalue weighted by Gasteiger charge is -2.35. The van der Waals surface area contributed by atoms with Crippen molar-refractivity contribution in [3.05, 3.63) is 58.6 Å². The van der Waals surface area contributed by atoms with Gasteiger partial charge in [0.2, 0.25) is 0 Å². The van der Waals surface area contributed by atoms with Crippen LogP contribution < -0.4 is 0 Å². The molecule has 4 heteroatoms. The van der Waals surface area contributed by atoms with Crippen LogP contribution in [0, 0.1) is 5.82 Å². The highest BCUT2D eigenvalue weighted by atomic mass is 35.5. The largest absolute Gasteiger partial charge is 0.349 e. The fourth-order valence-electron chi connectivity index (χ4n) is 2.71. The average molecular weight is 279 g/mol. The second kappa shape index (κ2) is 4.99. The predicted octanol–water partition coefficient (Wildman–Crippen LogP) is 3.86. The van der Waals surface area contributed by atoms with E-state index in [1.54, 1.807) is 6.07 Å². The van der Waals surface area contributed by atoms with E-state index < -0.39 is 0 Å². The van der Waals surface area contributed by atoms with E-state index in [1.165, 1.54) is 17.8 Å². The minimum absolute atomic E-state index is 0.283. The third-order valence-electron chi connectivity index (χ3n) is 3.86. The number of rotatable bonds is 2. The Kier molecular flexibility index (Phi) is 3.33. The van der Waals surface area contributed by atoms with Crippen LogP contribution in [0.15, 0.2) is 36.5 Å². The molecule has 0 saturated heterocycles. The SMILES string of the molecule is CC1c2cccn2CCN1Cc1ccc(F)cc1Cl. The summed E-state index contributed by atoms with van der Waals surface area (Å²) in [5, 5.41) is 0.508. The first-order valence-corrected chi connectivity index (χ1v) is 6.86. The maximum atomic E-state index is 13.1. The summed E-state index contributed by atoms with van der Waals surface area (Å²) in [6.45, 7) is 4.93. The zero-order valence-electron chi connectivity index (χ0n) is 10.8. The van der Waals surface area contributed by atoms with Crippen molar-refractivity contribution in [2.75, 3.05) is 6.54 Å². The first kappa shape index (κ1) is 12.7. The number of hydrogen-bond acceptors (Lipinski definition) is 1. The zero-order valence-corrected chi connectivity index (χ0v) is 11.6. The van der Waals surface area contributed by atoms with Crippen LogP contribution in [0.25, 0.3) is 0 Å². The molecule has 2 heterocycles. The van der Waals surface area contributed by atoms with Crippen molar-refractivity contribution in [3.8, 4) is 0 Å². The summed E-state index contributed by atoms with van der Waals surface area (Å²) in [5.41, 5.74) is 2.31. The summed E-state index contributed by atoms with van der Waals surface area (Å²) in [4.78, 5) is 2.37. The molecule has 3 rings (SSSR count). The van der Waals surface area contributed by atoms with E-state index in [9.17, 15) is 4.39 Å². The molecule has 19 heavy (non-hydrogen) atoms. The summed E-state index contributed by atoms with van der Waals surface area (Å²) in [7, 11) is 0. The van der Waals surface area contributed by atoms with E-state index in [-0.39, 0.29) is 5.82 Å². The van der Waals surface area contributed by atoms with Gasteiger partial charge in [-0.05, 0) is 36.8 Å². The third kappa shape index (κ3) is 2.40. The topological polar surface area (TPSA) is 8.17 Å². The Bertz CT molecular complexity index is 594. The highest BCUT2D eigenvalue weighted by Gasteiger charge is 2.23. The monoisotopic (exact) mass is 278 g/mol. The van der Waals surface area contributed by atoms with Crippen LogP contribution in [0.3, 0.4) is 0 Å². The van der Waals surface area contributed by atoms with Crippen molar-refractivity contribution in [3.63, 3.8) is 0 Å². The summed E-state index contributed by atoms with van der Waals surface area (Å²) in [6, 6.07) is 9.22. The Morgan fingerprint density at radius 2 is 2.16 bits per heavy atom. The molecule has 1 aliphatic rings. The van der Waals surface area contributed by atoms with Gasteiger partial charge in [0.15, 0.2) is 0 Å². The van der Waals surface area contributed by atoms with Crippen molar-refractivity contribution in [1.82, 2.24) is 9.47 Å². The molecular formula is C15H16ClFN2. The molecule has 0 N–H and O–H groups in total. The average Bonchev–Trinajstić information content (AvgIpc) is 2.85. The molecule has 0 aliphatic carbocycles. The quantitative estimate of drug-likeness (QED) is 0.810. The van der Waals surface area contributed by atoms with E-state index in [1.807, 2.05) is 0 Å². The number of halogens is 2. The van der Waals surface area contributed by atoms with Gasteiger partial charge in [-0.15, -0.1) is 0 Å². The van der Waals surface area contributed by atoms with Crippen LogP contribution in [0.5, 0.6) is 0 Å². The maximum Gasteiger partial charge on any atom is 0.124 e. The van der Waals surface area contributed by atoms with E-state index in [2.05, 4.69) is 34.7 Å². The molecule has 0 fully saturated rings. The molecule has 1 unspecified atom stereocenters. The van der Waals surface area contributed by atoms with E-state index in [0.717, 1.165) is 25.2 Å². The van der Waals surface area contributed by atoms with Gasteiger partial charge in [0, 0.05) is 42.6 Å². The standard InChI is InChI=1S/C15H16ClFN2/c1-11-15-3-2-6-18(15)7-8-19(11)10-12-4-5-13(17)9-14(12)16/h2-6,9,11H,7-8,10H2,1H3. The molecule has 0 radical (unpaired) electrons. The van der Waals surface area contributed by atoms with Crippen LogP contribution in [-0.2, 0) is 13.1 Å². The van der Waals surface area contributed by atoms with Crippen LogP contribution in [0.2, 0.25) is 5.02 Å². The molecule has 0 bridgehead atoms. The predicted molar refractivity (Wildman–Crippen MR) is 74.7 cm³/mol. The minimum atomic E-state index is -0.283. The van der Waals surface area contributed by atoms with Crippen LogP contribution in [-0.4, -0.2) is 16.0 Å². The number of benzene rings is 1. The van der Waals surface area contributed by atoms with Crippen molar-refractivity contribution in [1.29, 1.82) is 0 Å². The van der Waals surface area contributed by atoms with E-state index in [0.29, 0.717) is 11.1 Å². The summed E-state index contributed by atoms with van der Waals surface area (Å²) in [6.07, 6.45) is 2.12. The smallest absolute Gasteiger partial charge is 0.124 e. The van der Waals surface area contributed by atoms with Gasteiger partial charge in [0.25, 0.3) is 0 Å². The van der Waals surface area contributed by atoms with Crippen molar-refractivity contribution < 1.29 is 4.39 Å². The fraction of sp³-hybridized carbons (Fsp3) is 0.333. The second-order valence-corrected chi connectivity index (χ2v) is 5.42. The lowest BCUT2D eigenvalue weighted by molar-refractivity contribution is 0.161. The number of aromatic nitrogens is 1. The van der Waals surface area contributed by atoms with Gasteiger partial charge < -0.3 is 4.57 Å². The second-order valence-electron chi connectivity index (χ2n) is 5.01. The molecule has 0 amide bonds. The lowest BCUT2D eigenvalue weighted by Crippen LogP contribution is -2.35. The fourth-order valence-corrected chi connectivity index (χ4v) is 2.94. The zero-order chi connectivity index (χ0) is 13.4. The van der Waals surface area contributed by atoms with Gasteiger partial charge in [-0.25, -0.2) is 4.39 Å². The van der Waals surface area contributed by atoms with Crippen molar-refractivity contribution >= 4 is 11.6 Å². The van der Waals surface area contributed by atoms with E-state index >= 15 is 0 Å². The highest BCUT2D eigenvalue weighted by molar-refractivity contribution is 6.31. The molecule has 1 atom stereocenters. The normalized spacial score (nSPS) is 19.4. The first-order valence-electron chi connectivity index (χ1n) is 6.48. The van der Waals surface area contributed by atoms with Gasteiger partial charge in [-0.2, -0.15) is 0 Å². The summed E-state index contributed by atoms with van der Waals surface area (Å²) >= 11 is 6.10. The van der Waals surface area contributed by atoms with Crippen LogP contribution in [0.4, 0.5) is 4.39 Å². The Hall–Kier alpha value is -1.32. The lowest BCUT2D eigenvalue weighted by atomic mass is 10.1. The molecular weight excluding hydrogens is 263 g/mol. The summed E-state index contributed by atoms with van der Waals surface area (Å²) < 4.78 is 15.3. The number of fused-ring (bicyclic) bond motifs is 1. The van der Waals surface area contributed by atoms with Crippen LogP contribution in [0.1, 0.15) is 24.2 Å². The first-order chi connectivity index (χ1) is 9.15. The minimum Gasteiger partial charge on any atom is -0.349 e. The van der Waals surface area contributed by atoms with Crippen molar-refractivity contribution in [2.45, 2.75) is 26.1 Å². The third-order valence-corrected chi connectivity index (χ3v) is 4.21. The maximum absolute atomic E-state index is 13.1. The number of hydrogen-bond donors (Lipinski definition) is 0. The molecule has 0 saturated carbocycles. The highest BCUT2D eigenvalue weighted by Crippen LogP contribution is 2.28. The van der Waals surface area contributed by atoms with Gasteiger partial charge in [0.1, 0.15) is 5.82 Å². The van der Waals surface area contributed by atoms with Gasteiger partial charge >= 0.3 is 0 Å². The van der Waals surface area contributed by atoms with Gasteiger partial charge in [-0.1, -0.05) is 17.7 Å². The Balaban J connectivity index is 1.81. The Labute approximate surface area is 117 Å². The van der Waals surface area contributed by atoms with E-state index in [4.69, 9.17) is 11.6 Å². The molecule has 2 nitrogen and oxygen atoms in total. The Morgan fingerprint density at radius 1 is 1.32 bits per heavy atom. The molecule has 1 aliphatic heterocycles. The molecule has 100 valence electrons. The van der Waals surface area contributed by atoms with Crippen molar-refractivity contribution in [2.24, 2.45) is 0 Å². The van der Waals surface area contributed by atoms with Gasteiger partial charge in [0.05, 0.1) is 0 Å². The number of nitrogens with zero attached hydrogens (tertiary/aromatic N) is 2. The van der Waals surface area contributed by atoms with Crippen LogP contribution >= 0.6 is 11.6 Å². The molecule has 0 spiro atoms.